The van der Waals surface area contributed by atoms with E-state index in [1.165, 1.54) is 12.1 Å². The number of ether oxygens (including phenoxy) is 1. The van der Waals surface area contributed by atoms with Gasteiger partial charge in [0.15, 0.2) is 0 Å². The molecule has 1 aromatic carbocycles. The Labute approximate surface area is 124 Å². The number of benzene rings is 1. The number of carbonyl (C=O) groups excluding carboxylic acids is 1. The SMILES string of the molecule is CC(C)(C#N)CCCCOC(=O)c1cc(N)cc(Cl)c1. The quantitative estimate of drug-likeness (QED) is 0.492. The van der Waals surface area contributed by atoms with E-state index in [1.54, 1.807) is 6.07 Å². The first-order valence-electron chi connectivity index (χ1n) is 6.48. The van der Waals surface area contributed by atoms with Crippen molar-refractivity contribution in [2.24, 2.45) is 5.41 Å². The molecule has 20 heavy (non-hydrogen) atoms. The normalized spacial score (nSPS) is 10.9. The lowest BCUT2D eigenvalue weighted by atomic mass is 9.89. The Bertz CT molecular complexity index is 501. The third-order valence-corrected chi connectivity index (χ3v) is 3.11. The molecule has 108 valence electrons. The summed E-state index contributed by atoms with van der Waals surface area (Å²) in [7, 11) is 0. The van der Waals surface area contributed by atoms with E-state index >= 15 is 0 Å². The van der Waals surface area contributed by atoms with E-state index in [2.05, 4.69) is 6.07 Å². The van der Waals surface area contributed by atoms with Crippen molar-refractivity contribution in [3.63, 3.8) is 0 Å². The average Bonchev–Trinajstić information content (AvgIpc) is 2.37. The zero-order chi connectivity index (χ0) is 15.2. The average molecular weight is 295 g/mol. The van der Waals surface area contributed by atoms with Gasteiger partial charge in [0.05, 0.1) is 23.7 Å². The van der Waals surface area contributed by atoms with E-state index < -0.39 is 5.97 Å². The molecule has 0 heterocycles. The number of carbonyl (C=O) groups is 1. The maximum atomic E-state index is 11.8. The Hall–Kier alpha value is -1.73. The van der Waals surface area contributed by atoms with Gasteiger partial charge in [0.2, 0.25) is 0 Å². The number of nitriles is 1. The number of nitrogen functional groups attached to an aromatic ring is 1. The number of hydrogen-bond donors (Lipinski definition) is 1. The lowest BCUT2D eigenvalue weighted by Crippen LogP contribution is -2.10. The zero-order valence-electron chi connectivity index (χ0n) is 11.8. The molecule has 0 amide bonds. The van der Waals surface area contributed by atoms with Crippen molar-refractivity contribution in [1.82, 2.24) is 0 Å². The highest BCUT2D eigenvalue weighted by Crippen LogP contribution is 2.22. The summed E-state index contributed by atoms with van der Waals surface area (Å²) in [5.74, 6) is -0.432. The molecule has 1 rings (SSSR count). The summed E-state index contributed by atoms with van der Waals surface area (Å²) < 4.78 is 5.15. The van der Waals surface area contributed by atoms with E-state index in [4.69, 9.17) is 27.3 Å². The predicted octanol–water partition coefficient (Wildman–Crippen LogP) is 3.80. The van der Waals surface area contributed by atoms with Crippen LogP contribution in [0.25, 0.3) is 0 Å². The Morgan fingerprint density at radius 3 is 2.70 bits per heavy atom. The van der Waals surface area contributed by atoms with Crippen LogP contribution in [-0.4, -0.2) is 12.6 Å². The molecule has 0 saturated heterocycles. The van der Waals surface area contributed by atoms with Gasteiger partial charge in [-0.3, -0.25) is 0 Å². The third kappa shape index (κ3) is 5.50. The number of esters is 1. The van der Waals surface area contributed by atoms with Crippen LogP contribution in [0.4, 0.5) is 5.69 Å². The smallest absolute Gasteiger partial charge is 0.338 e. The first-order valence-corrected chi connectivity index (χ1v) is 6.86. The molecule has 0 aliphatic rings. The van der Waals surface area contributed by atoms with Gasteiger partial charge in [-0.05, 0) is 51.3 Å². The van der Waals surface area contributed by atoms with Gasteiger partial charge in [0.25, 0.3) is 0 Å². The number of nitrogens with two attached hydrogens (primary N) is 1. The molecule has 0 unspecified atom stereocenters. The molecule has 0 fully saturated rings. The minimum Gasteiger partial charge on any atom is -0.462 e. The molecule has 0 radical (unpaired) electrons. The molecular formula is C15H19ClN2O2. The predicted molar refractivity (Wildman–Crippen MR) is 79.4 cm³/mol. The first-order chi connectivity index (χ1) is 9.34. The second-order valence-corrected chi connectivity index (χ2v) is 5.80. The number of hydrogen-bond acceptors (Lipinski definition) is 4. The van der Waals surface area contributed by atoms with Gasteiger partial charge in [-0.25, -0.2) is 4.79 Å². The van der Waals surface area contributed by atoms with Crippen molar-refractivity contribution in [2.45, 2.75) is 33.1 Å². The molecule has 2 N–H and O–H groups in total. The zero-order valence-corrected chi connectivity index (χ0v) is 12.5. The molecule has 0 bridgehead atoms. The topological polar surface area (TPSA) is 76.1 Å². The number of halogens is 1. The molecule has 4 nitrogen and oxygen atoms in total. The van der Waals surface area contributed by atoms with Crippen LogP contribution in [0.1, 0.15) is 43.5 Å². The number of unbranched alkanes of at least 4 members (excludes halogenated alkanes) is 1. The Kier molecular flexibility index (Phi) is 5.84. The maximum Gasteiger partial charge on any atom is 0.338 e. The van der Waals surface area contributed by atoms with Crippen LogP contribution in [0.2, 0.25) is 5.02 Å². The minimum atomic E-state index is -0.432. The minimum absolute atomic E-state index is 0.326. The standard InChI is InChI=1S/C15H19ClN2O2/c1-15(2,10-17)5-3-4-6-20-14(19)11-7-12(16)9-13(18)8-11/h7-9H,3-6,18H2,1-2H3. The van der Waals surface area contributed by atoms with Crippen molar-refractivity contribution < 1.29 is 9.53 Å². The second kappa shape index (κ2) is 7.16. The van der Waals surface area contributed by atoms with Crippen LogP contribution in [0, 0.1) is 16.7 Å². The largest absolute Gasteiger partial charge is 0.462 e. The Morgan fingerprint density at radius 1 is 1.40 bits per heavy atom. The summed E-state index contributed by atoms with van der Waals surface area (Å²) in [6.45, 7) is 4.12. The fraction of sp³-hybridized carbons (Fsp3) is 0.467. The van der Waals surface area contributed by atoms with Crippen molar-refractivity contribution >= 4 is 23.3 Å². The lowest BCUT2D eigenvalue weighted by molar-refractivity contribution is 0.0496. The summed E-state index contributed by atoms with van der Waals surface area (Å²) in [5.41, 5.74) is 6.07. The highest BCUT2D eigenvalue weighted by Gasteiger charge is 2.15. The van der Waals surface area contributed by atoms with Crippen LogP contribution in [0.3, 0.4) is 0 Å². The molecule has 0 aliphatic heterocycles. The van der Waals surface area contributed by atoms with Crippen LogP contribution in [0.5, 0.6) is 0 Å². The van der Waals surface area contributed by atoms with E-state index in [1.807, 2.05) is 13.8 Å². The molecule has 1 aromatic rings. The van der Waals surface area contributed by atoms with Gasteiger partial charge in [0.1, 0.15) is 0 Å². The van der Waals surface area contributed by atoms with E-state index in [0.717, 1.165) is 19.3 Å². The highest BCUT2D eigenvalue weighted by molar-refractivity contribution is 6.31. The van der Waals surface area contributed by atoms with E-state index in [0.29, 0.717) is 22.9 Å². The second-order valence-electron chi connectivity index (χ2n) is 5.36. The molecule has 0 saturated carbocycles. The van der Waals surface area contributed by atoms with Gasteiger partial charge in [-0.15, -0.1) is 0 Å². The summed E-state index contributed by atoms with van der Waals surface area (Å²) in [5, 5.41) is 9.29. The van der Waals surface area contributed by atoms with Gasteiger partial charge in [-0.2, -0.15) is 5.26 Å². The van der Waals surface area contributed by atoms with Crippen molar-refractivity contribution in [1.29, 1.82) is 5.26 Å². The van der Waals surface area contributed by atoms with Gasteiger partial charge >= 0.3 is 5.97 Å². The van der Waals surface area contributed by atoms with Gasteiger partial charge in [0, 0.05) is 10.7 Å². The van der Waals surface area contributed by atoms with Crippen molar-refractivity contribution in [3.05, 3.63) is 28.8 Å². The summed E-state index contributed by atoms with van der Waals surface area (Å²) >= 11 is 5.83. The fourth-order valence-corrected chi connectivity index (χ4v) is 1.95. The Balaban J connectivity index is 2.36. The van der Waals surface area contributed by atoms with Crippen molar-refractivity contribution in [3.8, 4) is 6.07 Å². The fourth-order valence-electron chi connectivity index (χ4n) is 1.70. The summed E-state index contributed by atoms with van der Waals surface area (Å²) in [6.07, 6.45) is 2.35. The van der Waals surface area contributed by atoms with Crippen LogP contribution in [0.15, 0.2) is 18.2 Å². The molecular weight excluding hydrogens is 276 g/mol. The van der Waals surface area contributed by atoms with Crippen LogP contribution >= 0.6 is 11.6 Å². The number of anilines is 1. The Morgan fingerprint density at radius 2 is 2.10 bits per heavy atom. The third-order valence-electron chi connectivity index (χ3n) is 2.89. The molecule has 0 aliphatic carbocycles. The van der Waals surface area contributed by atoms with Crippen LogP contribution in [-0.2, 0) is 4.74 Å². The molecule has 0 atom stereocenters. The first kappa shape index (κ1) is 16.3. The van der Waals surface area contributed by atoms with E-state index in [9.17, 15) is 4.79 Å². The molecule has 0 spiro atoms. The molecule has 5 heteroatoms. The van der Waals surface area contributed by atoms with E-state index in [-0.39, 0.29) is 5.41 Å². The summed E-state index contributed by atoms with van der Waals surface area (Å²) in [4.78, 5) is 11.8. The molecule has 0 aromatic heterocycles. The van der Waals surface area contributed by atoms with Crippen molar-refractivity contribution in [2.75, 3.05) is 12.3 Å². The summed E-state index contributed by atoms with van der Waals surface area (Å²) in [6, 6.07) is 6.88. The lowest BCUT2D eigenvalue weighted by Gasteiger charge is -2.14. The van der Waals surface area contributed by atoms with Crippen LogP contribution < -0.4 is 5.73 Å². The monoisotopic (exact) mass is 294 g/mol. The number of nitrogens with zero attached hydrogens (tertiary/aromatic N) is 1. The van der Waals surface area contributed by atoms with Gasteiger partial charge < -0.3 is 10.5 Å². The number of rotatable bonds is 6. The maximum absolute atomic E-state index is 11.8. The highest BCUT2D eigenvalue weighted by atomic mass is 35.5. The van der Waals surface area contributed by atoms with Gasteiger partial charge in [-0.1, -0.05) is 11.6 Å².